The first kappa shape index (κ1) is 8.10. The molecule has 0 saturated carbocycles. The molecule has 0 fully saturated rings. The Morgan fingerprint density at radius 1 is 1.69 bits per heavy atom. The van der Waals surface area contributed by atoms with Crippen molar-refractivity contribution in [2.24, 2.45) is 0 Å². The second-order valence-corrected chi connectivity index (χ2v) is 3.13. The summed E-state index contributed by atoms with van der Waals surface area (Å²) in [6.45, 7) is 3.47. The maximum atomic E-state index is 10.7. The van der Waals surface area contributed by atoms with E-state index in [-0.39, 0.29) is 5.69 Å². The number of aryl methyl sites for hydroxylation is 1. The van der Waals surface area contributed by atoms with E-state index >= 15 is 0 Å². The maximum absolute atomic E-state index is 10.7. The minimum atomic E-state index is -0.957. The minimum absolute atomic E-state index is 0.157. The van der Waals surface area contributed by atoms with Crippen molar-refractivity contribution >= 4 is 11.8 Å². The molecule has 5 heteroatoms. The number of hydrogen-bond donors (Lipinski definition) is 2. The Morgan fingerprint density at radius 3 is 3.08 bits per heavy atom. The van der Waals surface area contributed by atoms with Gasteiger partial charge in [0.2, 0.25) is 0 Å². The molecular formula is C8H11N3O2. The lowest BCUT2D eigenvalue weighted by atomic mass is 10.2. The largest absolute Gasteiger partial charge is 0.476 e. The lowest BCUT2D eigenvalue weighted by Crippen LogP contribution is -2.17. The van der Waals surface area contributed by atoms with Gasteiger partial charge in [-0.05, 0) is 13.3 Å². The van der Waals surface area contributed by atoms with E-state index in [0.29, 0.717) is 0 Å². The highest BCUT2D eigenvalue weighted by Gasteiger charge is 2.20. The van der Waals surface area contributed by atoms with Crippen LogP contribution in [0.1, 0.15) is 22.5 Å². The Morgan fingerprint density at radius 2 is 2.46 bits per heavy atom. The Bertz CT molecular complexity index is 357. The van der Waals surface area contributed by atoms with Gasteiger partial charge >= 0.3 is 5.97 Å². The Hall–Kier alpha value is -1.52. The zero-order valence-electron chi connectivity index (χ0n) is 7.37. The van der Waals surface area contributed by atoms with Gasteiger partial charge in [-0.25, -0.2) is 9.48 Å². The SMILES string of the molecule is Cc1c(C(=O)O)nn2c1NCCC2. The number of anilines is 1. The van der Waals surface area contributed by atoms with Crippen LogP contribution in [-0.2, 0) is 6.54 Å². The van der Waals surface area contributed by atoms with Gasteiger partial charge in [0.05, 0.1) is 0 Å². The van der Waals surface area contributed by atoms with E-state index in [9.17, 15) is 4.79 Å². The van der Waals surface area contributed by atoms with Crippen LogP contribution in [0.5, 0.6) is 0 Å². The fraction of sp³-hybridized carbons (Fsp3) is 0.500. The predicted octanol–water partition coefficient (Wildman–Crippen LogP) is 0.705. The van der Waals surface area contributed by atoms with Crippen molar-refractivity contribution in [1.29, 1.82) is 0 Å². The lowest BCUT2D eigenvalue weighted by molar-refractivity contribution is 0.0688. The molecule has 2 heterocycles. The minimum Gasteiger partial charge on any atom is -0.476 e. The van der Waals surface area contributed by atoms with Crippen molar-refractivity contribution in [3.05, 3.63) is 11.3 Å². The first-order valence-corrected chi connectivity index (χ1v) is 4.24. The summed E-state index contributed by atoms with van der Waals surface area (Å²) in [5, 5.41) is 16.0. The quantitative estimate of drug-likeness (QED) is 0.669. The van der Waals surface area contributed by atoms with Crippen LogP contribution in [0.3, 0.4) is 0 Å². The van der Waals surface area contributed by atoms with Gasteiger partial charge in [0.1, 0.15) is 5.82 Å². The van der Waals surface area contributed by atoms with Gasteiger partial charge in [0.15, 0.2) is 5.69 Å². The molecule has 1 aromatic heterocycles. The van der Waals surface area contributed by atoms with Crippen LogP contribution in [0.25, 0.3) is 0 Å². The highest BCUT2D eigenvalue weighted by Crippen LogP contribution is 2.21. The Labute approximate surface area is 75.4 Å². The van der Waals surface area contributed by atoms with Gasteiger partial charge in [-0.1, -0.05) is 0 Å². The average molecular weight is 181 g/mol. The monoisotopic (exact) mass is 181 g/mol. The van der Waals surface area contributed by atoms with E-state index in [1.165, 1.54) is 0 Å². The zero-order valence-corrected chi connectivity index (χ0v) is 7.37. The Kier molecular flexibility index (Phi) is 1.72. The van der Waals surface area contributed by atoms with Crippen LogP contribution in [0, 0.1) is 6.92 Å². The van der Waals surface area contributed by atoms with Crippen LogP contribution in [-0.4, -0.2) is 27.4 Å². The molecule has 0 bridgehead atoms. The number of nitrogens with one attached hydrogen (secondary N) is 1. The van der Waals surface area contributed by atoms with Gasteiger partial charge in [-0.15, -0.1) is 0 Å². The molecule has 5 nitrogen and oxygen atoms in total. The molecular weight excluding hydrogens is 170 g/mol. The number of carboxylic acid groups (broad SMARTS) is 1. The molecule has 1 aliphatic heterocycles. The van der Waals surface area contributed by atoms with Crippen LogP contribution >= 0.6 is 0 Å². The van der Waals surface area contributed by atoms with Gasteiger partial charge in [-0.2, -0.15) is 5.10 Å². The van der Waals surface area contributed by atoms with Crippen molar-refractivity contribution in [3.8, 4) is 0 Å². The van der Waals surface area contributed by atoms with Crippen molar-refractivity contribution in [2.75, 3.05) is 11.9 Å². The van der Waals surface area contributed by atoms with E-state index in [0.717, 1.165) is 30.9 Å². The van der Waals surface area contributed by atoms with E-state index in [4.69, 9.17) is 5.11 Å². The smallest absolute Gasteiger partial charge is 0.356 e. The number of nitrogens with zero attached hydrogens (tertiary/aromatic N) is 2. The molecule has 1 aromatic rings. The standard InChI is InChI=1S/C8H11N3O2/c1-5-6(8(12)13)10-11-4-2-3-9-7(5)11/h9H,2-4H2,1H3,(H,12,13). The molecule has 2 N–H and O–H groups in total. The van der Waals surface area contributed by atoms with Gasteiger partial charge < -0.3 is 10.4 Å². The third-order valence-electron chi connectivity index (χ3n) is 2.23. The molecule has 0 atom stereocenters. The van der Waals surface area contributed by atoms with Gasteiger partial charge in [-0.3, -0.25) is 0 Å². The molecule has 0 spiro atoms. The molecule has 0 saturated heterocycles. The van der Waals surface area contributed by atoms with Crippen LogP contribution in [0.4, 0.5) is 5.82 Å². The average Bonchev–Trinajstić information content (AvgIpc) is 2.45. The van der Waals surface area contributed by atoms with E-state index in [1.807, 2.05) is 0 Å². The summed E-state index contributed by atoms with van der Waals surface area (Å²) in [5.74, 6) is -0.107. The maximum Gasteiger partial charge on any atom is 0.356 e. The number of aromatic carboxylic acids is 1. The molecule has 2 rings (SSSR count). The zero-order chi connectivity index (χ0) is 9.42. The van der Waals surface area contributed by atoms with Crippen molar-refractivity contribution in [2.45, 2.75) is 19.9 Å². The molecule has 0 radical (unpaired) electrons. The summed E-state index contributed by atoms with van der Waals surface area (Å²) in [5.41, 5.74) is 0.886. The fourth-order valence-corrected chi connectivity index (χ4v) is 1.58. The summed E-state index contributed by atoms with van der Waals surface area (Å²) < 4.78 is 1.72. The second-order valence-electron chi connectivity index (χ2n) is 3.13. The number of carboxylic acids is 1. The third kappa shape index (κ3) is 1.16. The Balaban J connectivity index is 2.50. The molecule has 0 aromatic carbocycles. The first-order chi connectivity index (χ1) is 6.20. The lowest BCUT2D eigenvalue weighted by Gasteiger charge is -2.15. The van der Waals surface area contributed by atoms with E-state index in [2.05, 4.69) is 10.4 Å². The normalized spacial score (nSPS) is 14.8. The number of aromatic nitrogens is 2. The molecule has 0 aliphatic carbocycles. The summed E-state index contributed by atoms with van der Waals surface area (Å²) >= 11 is 0. The molecule has 0 amide bonds. The van der Waals surface area contributed by atoms with Crippen LogP contribution < -0.4 is 5.32 Å². The predicted molar refractivity (Wildman–Crippen MR) is 47.0 cm³/mol. The van der Waals surface area contributed by atoms with Crippen molar-refractivity contribution in [3.63, 3.8) is 0 Å². The number of carbonyl (C=O) groups is 1. The summed E-state index contributed by atoms with van der Waals surface area (Å²) in [6.07, 6.45) is 0.993. The fourth-order valence-electron chi connectivity index (χ4n) is 1.58. The van der Waals surface area contributed by atoms with E-state index < -0.39 is 5.97 Å². The van der Waals surface area contributed by atoms with Crippen molar-refractivity contribution < 1.29 is 9.90 Å². The van der Waals surface area contributed by atoms with Crippen molar-refractivity contribution in [1.82, 2.24) is 9.78 Å². The molecule has 1 aliphatic rings. The molecule has 0 unspecified atom stereocenters. The second kappa shape index (κ2) is 2.76. The summed E-state index contributed by atoms with van der Waals surface area (Å²) in [6, 6.07) is 0. The summed E-state index contributed by atoms with van der Waals surface area (Å²) in [4.78, 5) is 10.7. The highest BCUT2D eigenvalue weighted by atomic mass is 16.4. The molecule has 70 valence electrons. The highest BCUT2D eigenvalue weighted by molar-refractivity contribution is 5.88. The number of hydrogen-bond acceptors (Lipinski definition) is 3. The first-order valence-electron chi connectivity index (χ1n) is 4.24. The van der Waals surface area contributed by atoms with Gasteiger partial charge in [0, 0.05) is 18.7 Å². The summed E-state index contributed by atoms with van der Waals surface area (Å²) in [7, 11) is 0. The van der Waals surface area contributed by atoms with Crippen LogP contribution in [0.2, 0.25) is 0 Å². The number of fused-ring (bicyclic) bond motifs is 1. The topological polar surface area (TPSA) is 67.1 Å². The van der Waals surface area contributed by atoms with Crippen LogP contribution in [0.15, 0.2) is 0 Å². The number of rotatable bonds is 1. The third-order valence-corrected chi connectivity index (χ3v) is 2.23. The van der Waals surface area contributed by atoms with E-state index in [1.54, 1.807) is 11.6 Å². The van der Waals surface area contributed by atoms with Gasteiger partial charge in [0.25, 0.3) is 0 Å². The molecule has 13 heavy (non-hydrogen) atoms.